The van der Waals surface area contributed by atoms with Gasteiger partial charge in [-0.2, -0.15) is 13.2 Å². The SMILES string of the molecule is COc1ccc(N2CCC(NC(=O)Cn3c(C(F)(F)F)nc4ccccc43)CC2)cc1. The quantitative estimate of drug-likeness (QED) is 0.666. The van der Waals surface area contributed by atoms with Gasteiger partial charge in [0.15, 0.2) is 0 Å². The van der Waals surface area contributed by atoms with E-state index in [9.17, 15) is 18.0 Å². The average molecular weight is 432 g/mol. The van der Waals surface area contributed by atoms with Gasteiger partial charge in [0.1, 0.15) is 12.3 Å². The van der Waals surface area contributed by atoms with E-state index < -0.39 is 24.5 Å². The molecule has 1 N–H and O–H groups in total. The van der Waals surface area contributed by atoms with Crippen LogP contribution in [0.3, 0.4) is 0 Å². The molecule has 9 heteroatoms. The van der Waals surface area contributed by atoms with Crippen molar-refractivity contribution in [2.24, 2.45) is 0 Å². The molecule has 1 aliphatic heterocycles. The lowest BCUT2D eigenvalue weighted by atomic mass is 10.0. The second kappa shape index (κ2) is 8.49. The standard InChI is InChI=1S/C22H23F3N4O2/c1-31-17-8-6-16(7-9-17)28-12-10-15(11-13-28)26-20(30)14-29-19-5-3-2-4-18(19)27-21(29)22(23,24)25/h2-9,15H,10-14H2,1H3,(H,26,30). The van der Waals surface area contributed by atoms with E-state index in [2.05, 4.69) is 15.2 Å². The number of halogens is 3. The fourth-order valence-corrected chi connectivity index (χ4v) is 3.94. The minimum absolute atomic E-state index is 0.0777. The van der Waals surface area contributed by atoms with Crippen molar-refractivity contribution in [3.05, 3.63) is 54.4 Å². The lowest BCUT2D eigenvalue weighted by molar-refractivity contribution is -0.147. The highest BCUT2D eigenvalue weighted by Gasteiger charge is 2.38. The molecule has 0 bridgehead atoms. The molecular weight excluding hydrogens is 409 g/mol. The molecule has 1 fully saturated rings. The molecule has 1 amide bonds. The maximum Gasteiger partial charge on any atom is 0.449 e. The van der Waals surface area contributed by atoms with Crippen LogP contribution in [0, 0.1) is 0 Å². The van der Waals surface area contributed by atoms with Gasteiger partial charge in [-0.15, -0.1) is 0 Å². The summed E-state index contributed by atoms with van der Waals surface area (Å²) < 4.78 is 46.4. The second-order valence-electron chi connectivity index (χ2n) is 7.53. The molecule has 0 unspecified atom stereocenters. The van der Waals surface area contributed by atoms with Crippen LogP contribution < -0.4 is 15.0 Å². The maximum absolute atomic E-state index is 13.4. The van der Waals surface area contributed by atoms with E-state index in [-0.39, 0.29) is 11.6 Å². The van der Waals surface area contributed by atoms with Crippen molar-refractivity contribution in [1.29, 1.82) is 0 Å². The third kappa shape index (κ3) is 4.60. The zero-order valence-electron chi connectivity index (χ0n) is 17.0. The molecule has 0 atom stereocenters. The van der Waals surface area contributed by atoms with Gasteiger partial charge in [-0.25, -0.2) is 4.98 Å². The molecule has 2 aromatic carbocycles. The van der Waals surface area contributed by atoms with Gasteiger partial charge in [0.25, 0.3) is 0 Å². The normalized spacial score (nSPS) is 15.3. The molecule has 1 saturated heterocycles. The number of fused-ring (bicyclic) bond motifs is 1. The Morgan fingerprint density at radius 1 is 1.13 bits per heavy atom. The van der Waals surface area contributed by atoms with Crippen molar-refractivity contribution in [2.45, 2.75) is 31.6 Å². The van der Waals surface area contributed by atoms with E-state index in [1.807, 2.05) is 24.3 Å². The van der Waals surface area contributed by atoms with Crippen LogP contribution in [0.1, 0.15) is 18.7 Å². The number of nitrogens with zero attached hydrogens (tertiary/aromatic N) is 3. The predicted octanol–water partition coefficient (Wildman–Crippen LogP) is 3.85. The van der Waals surface area contributed by atoms with E-state index in [1.165, 1.54) is 12.1 Å². The first kappa shape index (κ1) is 21.0. The molecule has 2 heterocycles. The summed E-state index contributed by atoms with van der Waals surface area (Å²) in [6, 6.07) is 14.0. The summed E-state index contributed by atoms with van der Waals surface area (Å²) in [6.45, 7) is 1.08. The number of methoxy groups -OCH3 is 1. The monoisotopic (exact) mass is 432 g/mol. The fraction of sp³-hybridized carbons (Fsp3) is 0.364. The summed E-state index contributed by atoms with van der Waals surface area (Å²) in [5, 5.41) is 2.89. The lowest BCUT2D eigenvalue weighted by Gasteiger charge is -2.34. The zero-order chi connectivity index (χ0) is 22.0. The van der Waals surface area contributed by atoms with Crippen molar-refractivity contribution in [3.63, 3.8) is 0 Å². The summed E-state index contributed by atoms with van der Waals surface area (Å²) in [5.74, 6) is -0.717. The molecule has 0 radical (unpaired) electrons. The van der Waals surface area contributed by atoms with Crippen molar-refractivity contribution in [3.8, 4) is 5.75 Å². The Kier molecular flexibility index (Phi) is 5.75. The first-order valence-corrected chi connectivity index (χ1v) is 10.1. The van der Waals surface area contributed by atoms with Gasteiger partial charge in [-0.3, -0.25) is 4.79 Å². The molecule has 1 aromatic heterocycles. The minimum atomic E-state index is -4.64. The van der Waals surface area contributed by atoms with Gasteiger partial charge >= 0.3 is 6.18 Å². The number of rotatable bonds is 5. The molecular formula is C22H23F3N4O2. The number of amides is 1. The van der Waals surface area contributed by atoms with E-state index in [1.54, 1.807) is 19.2 Å². The Labute approximate surface area is 177 Å². The lowest BCUT2D eigenvalue weighted by Crippen LogP contribution is -2.45. The number of hydrogen-bond acceptors (Lipinski definition) is 4. The number of anilines is 1. The van der Waals surface area contributed by atoms with Gasteiger partial charge < -0.3 is 19.5 Å². The Bertz CT molecular complexity index is 1050. The molecule has 0 spiro atoms. The van der Waals surface area contributed by atoms with E-state index in [0.29, 0.717) is 18.4 Å². The van der Waals surface area contributed by atoms with E-state index >= 15 is 0 Å². The number of piperidine rings is 1. The third-order valence-electron chi connectivity index (χ3n) is 5.51. The summed E-state index contributed by atoms with van der Waals surface area (Å²) in [5.41, 5.74) is 1.58. The summed E-state index contributed by atoms with van der Waals surface area (Å²) in [7, 11) is 1.62. The van der Waals surface area contributed by atoms with Crippen molar-refractivity contribution in [1.82, 2.24) is 14.9 Å². The van der Waals surface area contributed by atoms with Crippen LogP contribution in [0.15, 0.2) is 48.5 Å². The highest BCUT2D eigenvalue weighted by molar-refractivity contribution is 5.81. The maximum atomic E-state index is 13.4. The third-order valence-corrected chi connectivity index (χ3v) is 5.51. The molecule has 0 aliphatic carbocycles. The number of carbonyl (C=O) groups excluding carboxylic acids is 1. The zero-order valence-corrected chi connectivity index (χ0v) is 17.0. The first-order valence-electron chi connectivity index (χ1n) is 10.1. The van der Waals surface area contributed by atoms with Crippen LogP contribution in [0.2, 0.25) is 0 Å². The smallest absolute Gasteiger partial charge is 0.449 e. The Morgan fingerprint density at radius 3 is 2.45 bits per heavy atom. The number of carbonyl (C=O) groups is 1. The van der Waals surface area contributed by atoms with E-state index in [0.717, 1.165) is 29.1 Å². The van der Waals surface area contributed by atoms with Crippen LogP contribution in [-0.2, 0) is 17.5 Å². The predicted molar refractivity (Wildman–Crippen MR) is 111 cm³/mol. The first-order chi connectivity index (χ1) is 14.8. The van der Waals surface area contributed by atoms with Gasteiger partial charge in [0.05, 0.1) is 18.1 Å². The van der Waals surface area contributed by atoms with Crippen LogP contribution >= 0.6 is 0 Å². The van der Waals surface area contributed by atoms with Crippen molar-refractivity contribution >= 4 is 22.6 Å². The van der Waals surface area contributed by atoms with Crippen LogP contribution in [0.5, 0.6) is 5.75 Å². The number of para-hydroxylation sites is 2. The summed E-state index contributed by atoms with van der Waals surface area (Å²) in [4.78, 5) is 18.5. The molecule has 164 valence electrons. The van der Waals surface area contributed by atoms with Gasteiger partial charge in [0.2, 0.25) is 11.7 Å². The molecule has 4 rings (SSSR count). The average Bonchev–Trinajstić information content (AvgIpc) is 3.13. The summed E-state index contributed by atoms with van der Waals surface area (Å²) >= 11 is 0. The number of alkyl halides is 3. The Balaban J connectivity index is 1.39. The fourth-order valence-electron chi connectivity index (χ4n) is 3.94. The molecule has 3 aromatic rings. The van der Waals surface area contributed by atoms with Gasteiger partial charge in [-0.05, 0) is 49.2 Å². The second-order valence-corrected chi connectivity index (χ2v) is 7.53. The summed E-state index contributed by atoms with van der Waals surface area (Å²) in [6.07, 6.45) is -3.20. The topological polar surface area (TPSA) is 59.4 Å². The van der Waals surface area contributed by atoms with E-state index in [4.69, 9.17) is 4.74 Å². The highest BCUT2D eigenvalue weighted by atomic mass is 19.4. The Morgan fingerprint density at radius 2 is 1.81 bits per heavy atom. The molecule has 6 nitrogen and oxygen atoms in total. The number of ether oxygens (including phenoxy) is 1. The number of imidazole rings is 1. The van der Waals surface area contributed by atoms with Crippen molar-refractivity contribution in [2.75, 3.05) is 25.1 Å². The number of benzene rings is 2. The minimum Gasteiger partial charge on any atom is -0.497 e. The number of nitrogens with one attached hydrogen (secondary N) is 1. The Hall–Kier alpha value is -3.23. The molecule has 0 saturated carbocycles. The highest BCUT2D eigenvalue weighted by Crippen LogP contribution is 2.31. The van der Waals surface area contributed by atoms with Gasteiger partial charge in [0, 0.05) is 24.8 Å². The number of hydrogen-bond donors (Lipinski definition) is 1. The van der Waals surface area contributed by atoms with Crippen LogP contribution in [-0.4, -0.2) is 41.7 Å². The largest absolute Gasteiger partial charge is 0.497 e. The van der Waals surface area contributed by atoms with Gasteiger partial charge in [-0.1, -0.05) is 12.1 Å². The van der Waals surface area contributed by atoms with Crippen LogP contribution in [0.4, 0.5) is 18.9 Å². The molecule has 1 aliphatic rings. The van der Waals surface area contributed by atoms with Crippen molar-refractivity contribution < 1.29 is 22.7 Å². The number of aromatic nitrogens is 2. The molecule has 31 heavy (non-hydrogen) atoms. The van der Waals surface area contributed by atoms with Crippen LogP contribution in [0.25, 0.3) is 11.0 Å².